The first-order valence-electron chi connectivity index (χ1n) is 4.77. The average molecular weight is 195 g/mol. The summed E-state index contributed by atoms with van der Waals surface area (Å²) in [5.41, 5.74) is -1.63. The van der Waals surface area contributed by atoms with E-state index in [9.17, 15) is 9.90 Å². The first-order chi connectivity index (χ1) is 6.25. The topological polar surface area (TPSA) is 40.5 Å². The Labute approximate surface area is 85.1 Å². The van der Waals surface area contributed by atoms with Gasteiger partial charge in [-0.3, -0.25) is 4.79 Å². The molecule has 1 rings (SSSR count). The second-order valence-corrected chi connectivity index (χ2v) is 4.84. The van der Waals surface area contributed by atoms with Crippen LogP contribution in [0.25, 0.3) is 0 Å². The van der Waals surface area contributed by atoms with E-state index < -0.39 is 5.60 Å². The smallest absolute Gasteiger partial charge is 0.267 e. The van der Waals surface area contributed by atoms with Crippen LogP contribution in [0.2, 0.25) is 0 Å². The minimum atomic E-state index is -1.44. The van der Waals surface area contributed by atoms with Crippen molar-refractivity contribution in [3.63, 3.8) is 0 Å². The number of amides is 1. The summed E-state index contributed by atoms with van der Waals surface area (Å²) >= 11 is 0. The number of carbonyl (C=O) groups excluding carboxylic acids is 1. The van der Waals surface area contributed by atoms with E-state index in [4.69, 9.17) is 0 Å². The zero-order valence-corrected chi connectivity index (χ0v) is 9.22. The van der Waals surface area contributed by atoms with E-state index in [1.165, 1.54) is 4.90 Å². The average Bonchev–Trinajstić information content (AvgIpc) is 2.30. The fourth-order valence-corrected chi connectivity index (χ4v) is 1.26. The molecule has 1 aliphatic rings. The first kappa shape index (κ1) is 11.1. The second-order valence-electron chi connectivity index (χ2n) is 4.84. The molecule has 0 saturated carbocycles. The molecule has 1 heterocycles. The number of aliphatic hydroxyl groups is 1. The Morgan fingerprint density at radius 3 is 2.43 bits per heavy atom. The molecule has 78 valence electrons. The molecule has 0 aromatic carbocycles. The summed E-state index contributed by atoms with van der Waals surface area (Å²) in [7, 11) is 1.68. The van der Waals surface area contributed by atoms with E-state index in [-0.39, 0.29) is 11.3 Å². The monoisotopic (exact) mass is 195 g/mol. The maximum absolute atomic E-state index is 11.5. The fraction of sp³-hybridized carbons (Fsp3) is 0.727. The van der Waals surface area contributed by atoms with Gasteiger partial charge in [-0.1, -0.05) is 11.8 Å². The predicted octanol–water partition coefficient (Wildman–Crippen LogP) is 0.629. The third kappa shape index (κ3) is 2.27. The number of hydrogen-bond donors (Lipinski definition) is 1. The molecule has 3 heteroatoms. The molecule has 1 atom stereocenters. The quantitative estimate of drug-likeness (QED) is 0.576. The van der Waals surface area contributed by atoms with Crippen LogP contribution >= 0.6 is 0 Å². The van der Waals surface area contributed by atoms with E-state index in [1.807, 2.05) is 20.8 Å². The van der Waals surface area contributed by atoms with Crippen molar-refractivity contribution >= 4 is 5.91 Å². The van der Waals surface area contributed by atoms with Crippen LogP contribution in [0.15, 0.2) is 0 Å². The summed E-state index contributed by atoms with van der Waals surface area (Å²) in [5.74, 6) is 5.32. The summed E-state index contributed by atoms with van der Waals surface area (Å²) in [6.45, 7) is 6.43. The molecule has 1 saturated heterocycles. The highest BCUT2D eigenvalue weighted by molar-refractivity contribution is 5.90. The Kier molecular flexibility index (Phi) is 2.60. The Hall–Kier alpha value is -1.01. The molecule has 0 aromatic rings. The van der Waals surface area contributed by atoms with Crippen molar-refractivity contribution in [1.29, 1.82) is 0 Å². The Morgan fingerprint density at radius 2 is 2.07 bits per heavy atom. The van der Waals surface area contributed by atoms with Crippen molar-refractivity contribution in [1.82, 2.24) is 4.90 Å². The van der Waals surface area contributed by atoms with Gasteiger partial charge in [-0.05, 0) is 20.8 Å². The van der Waals surface area contributed by atoms with Crippen molar-refractivity contribution in [3.05, 3.63) is 0 Å². The summed E-state index contributed by atoms with van der Waals surface area (Å²) < 4.78 is 0. The van der Waals surface area contributed by atoms with Crippen LogP contribution in [0, 0.1) is 17.3 Å². The maximum Gasteiger partial charge on any atom is 0.267 e. The normalized spacial score (nSPS) is 27.5. The molecule has 0 aromatic heterocycles. The standard InChI is InChI=1S/C11H17NO2/c1-10(2,3)5-6-11(14)7-8-12(4)9(11)13/h14H,7-8H2,1-4H3. The summed E-state index contributed by atoms with van der Waals surface area (Å²) in [4.78, 5) is 13.0. The Balaban J connectivity index is 2.87. The third-order valence-electron chi connectivity index (χ3n) is 2.15. The van der Waals surface area contributed by atoms with Gasteiger partial charge in [0.2, 0.25) is 5.60 Å². The molecule has 0 bridgehead atoms. The van der Waals surface area contributed by atoms with Crippen LogP contribution in [-0.2, 0) is 4.79 Å². The lowest BCUT2D eigenvalue weighted by Gasteiger charge is -2.15. The van der Waals surface area contributed by atoms with E-state index in [2.05, 4.69) is 11.8 Å². The Bertz CT molecular complexity index is 305. The van der Waals surface area contributed by atoms with Crippen molar-refractivity contribution in [2.75, 3.05) is 13.6 Å². The summed E-state index contributed by atoms with van der Waals surface area (Å²) in [5, 5.41) is 9.93. The van der Waals surface area contributed by atoms with E-state index >= 15 is 0 Å². The van der Waals surface area contributed by atoms with Gasteiger partial charge in [0.15, 0.2) is 0 Å². The van der Waals surface area contributed by atoms with E-state index in [0.717, 1.165) is 0 Å². The van der Waals surface area contributed by atoms with Crippen LogP contribution in [-0.4, -0.2) is 35.1 Å². The molecular formula is C11H17NO2. The van der Waals surface area contributed by atoms with Crippen molar-refractivity contribution in [3.8, 4) is 11.8 Å². The summed E-state index contributed by atoms with van der Waals surface area (Å²) in [6, 6.07) is 0. The molecule has 0 radical (unpaired) electrons. The molecule has 1 unspecified atom stereocenters. The molecule has 0 aliphatic carbocycles. The molecule has 0 spiro atoms. The van der Waals surface area contributed by atoms with E-state index in [1.54, 1.807) is 7.05 Å². The predicted molar refractivity (Wildman–Crippen MR) is 54.4 cm³/mol. The molecule has 1 aliphatic heterocycles. The zero-order valence-electron chi connectivity index (χ0n) is 9.22. The van der Waals surface area contributed by atoms with Gasteiger partial charge >= 0.3 is 0 Å². The highest BCUT2D eigenvalue weighted by Gasteiger charge is 2.42. The lowest BCUT2D eigenvalue weighted by atomic mass is 9.94. The molecule has 14 heavy (non-hydrogen) atoms. The van der Waals surface area contributed by atoms with Crippen LogP contribution in [0.4, 0.5) is 0 Å². The van der Waals surface area contributed by atoms with Crippen LogP contribution < -0.4 is 0 Å². The van der Waals surface area contributed by atoms with E-state index in [0.29, 0.717) is 13.0 Å². The largest absolute Gasteiger partial charge is 0.369 e. The summed E-state index contributed by atoms with van der Waals surface area (Å²) in [6.07, 6.45) is 0.408. The highest BCUT2D eigenvalue weighted by atomic mass is 16.3. The minimum Gasteiger partial charge on any atom is -0.369 e. The number of carbonyl (C=O) groups is 1. The first-order valence-corrected chi connectivity index (χ1v) is 4.77. The van der Waals surface area contributed by atoms with Crippen molar-refractivity contribution in [2.45, 2.75) is 32.8 Å². The van der Waals surface area contributed by atoms with Crippen LogP contribution in [0.1, 0.15) is 27.2 Å². The van der Waals surface area contributed by atoms with Gasteiger partial charge in [0.05, 0.1) is 0 Å². The molecule has 1 fully saturated rings. The number of likely N-dealkylation sites (N-methyl/N-ethyl adjacent to an activating group) is 1. The molecule has 1 N–H and O–H groups in total. The van der Waals surface area contributed by atoms with Crippen LogP contribution in [0.5, 0.6) is 0 Å². The van der Waals surface area contributed by atoms with Gasteiger partial charge in [-0.15, -0.1) is 0 Å². The number of likely N-dealkylation sites (tertiary alicyclic amines) is 1. The lowest BCUT2D eigenvalue weighted by molar-refractivity contribution is -0.137. The fourth-order valence-electron chi connectivity index (χ4n) is 1.26. The van der Waals surface area contributed by atoms with Gasteiger partial charge < -0.3 is 10.0 Å². The number of rotatable bonds is 0. The van der Waals surface area contributed by atoms with Gasteiger partial charge in [-0.2, -0.15) is 0 Å². The van der Waals surface area contributed by atoms with Gasteiger partial charge in [-0.25, -0.2) is 0 Å². The maximum atomic E-state index is 11.5. The van der Waals surface area contributed by atoms with Crippen LogP contribution in [0.3, 0.4) is 0 Å². The van der Waals surface area contributed by atoms with Gasteiger partial charge in [0.1, 0.15) is 0 Å². The highest BCUT2D eigenvalue weighted by Crippen LogP contribution is 2.21. The molecular weight excluding hydrogens is 178 g/mol. The molecule has 3 nitrogen and oxygen atoms in total. The Morgan fingerprint density at radius 1 is 1.50 bits per heavy atom. The molecule has 1 amide bonds. The minimum absolute atomic E-state index is 0.183. The van der Waals surface area contributed by atoms with Crippen molar-refractivity contribution < 1.29 is 9.90 Å². The number of hydrogen-bond acceptors (Lipinski definition) is 2. The number of nitrogens with zero attached hydrogens (tertiary/aromatic N) is 1. The van der Waals surface area contributed by atoms with Crippen molar-refractivity contribution in [2.24, 2.45) is 5.41 Å². The van der Waals surface area contributed by atoms with Gasteiger partial charge in [0.25, 0.3) is 5.91 Å². The third-order valence-corrected chi connectivity index (χ3v) is 2.15. The SMILES string of the molecule is CN1CCC(O)(C#CC(C)(C)C)C1=O. The lowest BCUT2D eigenvalue weighted by Crippen LogP contribution is -2.37. The zero-order chi connectivity index (χ0) is 11.0. The second kappa shape index (κ2) is 3.29. The van der Waals surface area contributed by atoms with Gasteiger partial charge in [0, 0.05) is 25.4 Å².